The summed E-state index contributed by atoms with van der Waals surface area (Å²) >= 11 is 0. The third-order valence-corrected chi connectivity index (χ3v) is 2.04. The lowest BCUT2D eigenvalue weighted by Gasteiger charge is -1.98. The first kappa shape index (κ1) is 8.84. The normalized spacial score (nSPS) is 10.8. The molecule has 6 nitrogen and oxygen atoms in total. The number of pyridine rings is 1. The van der Waals surface area contributed by atoms with Gasteiger partial charge in [-0.25, -0.2) is 14.4 Å². The van der Waals surface area contributed by atoms with Crippen molar-refractivity contribution in [2.45, 2.75) is 0 Å². The molecule has 3 aromatic rings. The summed E-state index contributed by atoms with van der Waals surface area (Å²) in [5.74, 6) is -0.218. The van der Waals surface area contributed by atoms with Crippen molar-refractivity contribution in [2.24, 2.45) is 0 Å². The van der Waals surface area contributed by atoms with E-state index < -0.39 is 5.82 Å². The van der Waals surface area contributed by atoms with Crippen LogP contribution < -0.4 is 0 Å². The van der Waals surface area contributed by atoms with Crippen LogP contribution in [0.15, 0.2) is 30.9 Å². The number of nitrogens with zero attached hydrogens (tertiary/aromatic N) is 6. The average molecular weight is 216 g/mol. The molecule has 0 bridgehead atoms. The Morgan fingerprint density at radius 3 is 2.75 bits per heavy atom. The summed E-state index contributed by atoms with van der Waals surface area (Å²) in [5.41, 5.74) is 1.36. The Balaban J connectivity index is 2.22. The maximum Gasteiger partial charge on any atom is 0.252 e. The number of hydrogen-bond donors (Lipinski definition) is 0. The monoisotopic (exact) mass is 216 g/mol. The highest BCUT2D eigenvalue weighted by atomic mass is 19.1. The number of aromatic nitrogens is 6. The van der Waals surface area contributed by atoms with E-state index in [1.807, 2.05) is 0 Å². The van der Waals surface area contributed by atoms with Crippen molar-refractivity contribution in [2.75, 3.05) is 0 Å². The molecule has 78 valence electrons. The molecular formula is C9H5FN6. The molecule has 0 aliphatic carbocycles. The lowest BCUT2D eigenvalue weighted by Crippen LogP contribution is -2.02. The fraction of sp³-hybridized carbons (Fsp3) is 0. The van der Waals surface area contributed by atoms with Crippen molar-refractivity contribution in [3.05, 3.63) is 36.7 Å². The molecule has 0 aromatic carbocycles. The lowest BCUT2D eigenvalue weighted by molar-refractivity contribution is 0.608. The van der Waals surface area contributed by atoms with E-state index in [0.717, 1.165) is 17.9 Å². The third kappa shape index (κ3) is 1.29. The molecule has 3 heterocycles. The van der Waals surface area contributed by atoms with E-state index in [0.29, 0.717) is 5.52 Å². The van der Waals surface area contributed by atoms with Crippen LogP contribution in [-0.2, 0) is 0 Å². The van der Waals surface area contributed by atoms with Crippen molar-refractivity contribution in [1.82, 2.24) is 29.9 Å². The SMILES string of the molecule is Fc1cnc(-n2nnc3cnccc32)nc1. The zero-order valence-corrected chi connectivity index (χ0v) is 7.95. The minimum Gasteiger partial charge on any atom is -0.262 e. The molecule has 0 amide bonds. The third-order valence-electron chi connectivity index (χ3n) is 2.04. The van der Waals surface area contributed by atoms with Crippen LogP contribution in [0, 0.1) is 5.82 Å². The second kappa shape index (κ2) is 3.30. The largest absolute Gasteiger partial charge is 0.262 e. The first-order chi connectivity index (χ1) is 7.84. The van der Waals surface area contributed by atoms with E-state index in [9.17, 15) is 4.39 Å². The van der Waals surface area contributed by atoms with Gasteiger partial charge in [-0.3, -0.25) is 4.98 Å². The fourth-order valence-corrected chi connectivity index (χ4v) is 1.34. The molecule has 3 aromatic heterocycles. The van der Waals surface area contributed by atoms with Crippen LogP contribution in [0.2, 0.25) is 0 Å². The Bertz CT molecular complexity index is 632. The van der Waals surface area contributed by atoms with Crippen molar-refractivity contribution in [1.29, 1.82) is 0 Å². The van der Waals surface area contributed by atoms with Gasteiger partial charge < -0.3 is 0 Å². The first-order valence-electron chi connectivity index (χ1n) is 4.48. The zero-order valence-electron chi connectivity index (χ0n) is 7.95. The molecule has 0 aliphatic rings. The molecule has 0 saturated heterocycles. The fourth-order valence-electron chi connectivity index (χ4n) is 1.34. The Morgan fingerprint density at radius 2 is 1.94 bits per heavy atom. The van der Waals surface area contributed by atoms with Gasteiger partial charge in [0.2, 0.25) is 0 Å². The Kier molecular flexibility index (Phi) is 1.82. The summed E-state index contributed by atoms with van der Waals surface area (Å²) in [5, 5.41) is 7.77. The van der Waals surface area contributed by atoms with Gasteiger partial charge in [-0.05, 0) is 6.07 Å². The predicted molar refractivity (Wildman–Crippen MR) is 52.2 cm³/mol. The van der Waals surface area contributed by atoms with E-state index >= 15 is 0 Å². The standard InChI is InChI=1S/C9H5FN6/c10-6-3-12-9(13-4-6)16-8-1-2-11-5-7(8)14-15-16/h1-5H. The number of fused-ring (bicyclic) bond motifs is 1. The van der Waals surface area contributed by atoms with Crippen LogP contribution in [0.3, 0.4) is 0 Å². The van der Waals surface area contributed by atoms with Gasteiger partial charge in [0.1, 0.15) is 11.0 Å². The van der Waals surface area contributed by atoms with Crippen molar-refractivity contribution in [3.63, 3.8) is 0 Å². The molecule has 0 spiro atoms. The van der Waals surface area contributed by atoms with Gasteiger partial charge in [0.15, 0.2) is 5.82 Å². The van der Waals surface area contributed by atoms with E-state index in [2.05, 4.69) is 25.3 Å². The molecule has 16 heavy (non-hydrogen) atoms. The smallest absolute Gasteiger partial charge is 0.252 e. The minimum atomic E-state index is -0.491. The summed E-state index contributed by atoms with van der Waals surface area (Å²) < 4.78 is 14.1. The van der Waals surface area contributed by atoms with Crippen LogP contribution in [0.5, 0.6) is 0 Å². The summed E-state index contributed by atoms with van der Waals surface area (Å²) in [6.07, 6.45) is 5.36. The molecule has 0 aliphatic heterocycles. The maximum absolute atomic E-state index is 12.7. The van der Waals surface area contributed by atoms with Crippen molar-refractivity contribution >= 4 is 11.0 Å². The topological polar surface area (TPSA) is 69.4 Å². The average Bonchev–Trinajstić information content (AvgIpc) is 2.74. The zero-order chi connectivity index (χ0) is 11.0. The highest BCUT2D eigenvalue weighted by molar-refractivity contribution is 5.73. The van der Waals surface area contributed by atoms with Crippen LogP contribution >= 0.6 is 0 Å². The Hall–Kier alpha value is -2.44. The molecule has 0 saturated carbocycles. The quantitative estimate of drug-likeness (QED) is 0.600. The number of rotatable bonds is 1. The van der Waals surface area contributed by atoms with Gasteiger partial charge in [0.25, 0.3) is 5.95 Å². The summed E-state index contributed by atoms with van der Waals surface area (Å²) in [6, 6.07) is 1.74. The van der Waals surface area contributed by atoms with E-state index in [4.69, 9.17) is 0 Å². The van der Waals surface area contributed by atoms with Gasteiger partial charge in [-0.15, -0.1) is 5.10 Å². The summed E-state index contributed by atoms with van der Waals surface area (Å²) in [6.45, 7) is 0. The molecule has 0 fully saturated rings. The lowest BCUT2D eigenvalue weighted by atomic mass is 10.4. The second-order valence-corrected chi connectivity index (χ2v) is 3.07. The number of hydrogen-bond acceptors (Lipinski definition) is 5. The van der Waals surface area contributed by atoms with Gasteiger partial charge in [0.05, 0.1) is 18.6 Å². The van der Waals surface area contributed by atoms with E-state index in [-0.39, 0.29) is 5.95 Å². The second-order valence-electron chi connectivity index (χ2n) is 3.07. The molecule has 7 heteroatoms. The highest BCUT2D eigenvalue weighted by Crippen LogP contribution is 2.11. The van der Waals surface area contributed by atoms with E-state index in [1.54, 1.807) is 18.5 Å². The van der Waals surface area contributed by atoms with Crippen LogP contribution in [-0.4, -0.2) is 29.9 Å². The van der Waals surface area contributed by atoms with Crippen LogP contribution in [0.25, 0.3) is 17.0 Å². The summed E-state index contributed by atoms with van der Waals surface area (Å²) in [4.78, 5) is 11.6. The molecule has 0 N–H and O–H groups in total. The molecule has 0 unspecified atom stereocenters. The maximum atomic E-state index is 12.7. The van der Waals surface area contributed by atoms with Crippen molar-refractivity contribution < 1.29 is 4.39 Å². The minimum absolute atomic E-state index is 0.273. The molecular weight excluding hydrogens is 211 g/mol. The van der Waals surface area contributed by atoms with Gasteiger partial charge in [-0.1, -0.05) is 5.21 Å². The van der Waals surface area contributed by atoms with E-state index in [1.165, 1.54) is 4.68 Å². The molecule has 3 rings (SSSR count). The first-order valence-corrected chi connectivity index (χ1v) is 4.48. The Labute approximate surface area is 88.8 Å². The van der Waals surface area contributed by atoms with Gasteiger partial charge in [0, 0.05) is 6.20 Å². The Morgan fingerprint density at radius 1 is 1.12 bits per heavy atom. The van der Waals surface area contributed by atoms with Gasteiger partial charge >= 0.3 is 0 Å². The van der Waals surface area contributed by atoms with Crippen molar-refractivity contribution in [3.8, 4) is 5.95 Å². The van der Waals surface area contributed by atoms with Gasteiger partial charge in [-0.2, -0.15) is 4.68 Å². The molecule has 0 radical (unpaired) electrons. The van der Waals surface area contributed by atoms with Crippen LogP contribution in [0.1, 0.15) is 0 Å². The summed E-state index contributed by atoms with van der Waals surface area (Å²) in [7, 11) is 0. The van der Waals surface area contributed by atoms with Crippen LogP contribution in [0.4, 0.5) is 4.39 Å². The highest BCUT2D eigenvalue weighted by Gasteiger charge is 2.07. The number of halogens is 1. The molecule has 0 atom stereocenters. The predicted octanol–water partition coefficient (Wildman–Crippen LogP) is 0.745.